The van der Waals surface area contributed by atoms with Crippen molar-refractivity contribution in [2.24, 2.45) is 5.73 Å². The van der Waals surface area contributed by atoms with Crippen molar-refractivity contribution in [2.75, 3.05) is 0 Å². The van der Waals surface area contributed by atoms with Crippen LogP contribution in [-0.4, -0.2) is 26.8 Å². The van der Waals surface area contributed by atoms with Crippen molar-refractivity contribution >= 4 is 6.09 Å². The molecule has 1 heterocycles. The van der Waals surface area contributed by atoms with Crippen molar-refractivity contribution in [3.63, 3.8) is 0 Å². The first-order chi connectivity index (χ1) is 8.55. The van der Waals surface area contributed by atoms with Crippen LogP contribution in [0.3, 0.4) is 0 Å². The second-order valence-electron chi connectivity index (χ2n) is 6.95. The van der Waals surface area contributed by atoms with Crippen LogP contribution in [0.15, 0.2) is 12.5 Å². The fourth-order valence-corrected chi connectivity index (χ4v) is 2.34. The van der Waals surface area contributed by atoms with Gasteiger partial charge in [-0.3, -0.25) is 0 Å². The third kappa shape index (κ3) is 2.66. The maximum Gasteiger partial charge on any atom is 0.419 e. The zero-order chi connectivity index (χ0) is 14.5. The SMILES string of the molecule is CC(C)(C)OC(=O)n1cnc(C2(C(C)(C)N)CC2)c1. The van der Waals surface area contributed by atoms with Gasteiger partial charge >= 0.3 is 6.09 Å². The first kappa shape index (κ1) is 14.1. The lowest BCUT2D eigenvalue weighted by atomic mass is 9.83. The number of aromatic nitrogens is 2. The van der Waals surface area contributed by atoms with E-state index in [1.807, 2.05) is 34.6 Å². The number of carbonyl (C=O) groups is 1. The second kappa shape index (κ2) is 4.07. The molecule has 0 amide bonds. The number of nitrogens with zero attached hydrogens (tertiary/aromatic N) is 2. The molecular weight excluding hydrogens is 242 g/mol. The molecule has 0 aliphatic heterocycles. The Morgan fingerprint density at radius 3 is 2.37 bits per heavy atom. The van der Waals surface area contributed by atoms with Gasteiger partial charge in [-0.05, 0) is 47.5 Å². The zero-order valence-electron chi connectivity index (χ0n) is 12.4. The van der Waals surface area contributed by atoms with Gasteiger partial charge in [-0.15, -0.1) is 0 Å². The van der Waals surface area contributed by atoms with Gasteiger partial charge in [-0.25, -0.2) is 14.3 Å². The summed E-state index contributed by atoms with van der Waals surface area (Å²) in [7, 11) is 0. The predicted molar refractivity (Wildman–Crippen MR) is 73.0 cm³/mol. The summed E-state index contributed by atoms with van der Waals surface area (Å²) in [4.78, 5) is 16.3. The highest BCUT2D eigenvalue weighted by molar-refractivity contribution is 5.70. The van der Waals surface area contributed by atoms with Crippen LogP contribution in [0, 0.1) is 0 Å². The lowest BCUT2D eigenvalue weighted by Gasteiger charge is -2.29. The van der Waals surface area contributed by atoms with E-state index in [-0.39, 0.29) is 11.0 Å². The Labute approximate surface area is 114 Å². The molecule has 1 aromatic heterocycles. The minimum Gasteiger partial charge on any atom is -0.443 e. The smallest absolute Gasteiger partial charge is 0.419 e. The topological polar surface area (TPSA) is 70.1 Å². The van der Waals surface area contributed by atoms with Crippen LogP contribution in [0.5, 0.6) is 0 Å². The molecule has 0 radical (unpaired) electrons. The fraction of sp³-hybridized carbons (Fsp3) is 0.714. The number of ether oxygens (including phenoxy) is 1. The molecule has 1 aliphatic rings. The van der Waals surface area contributed by atoms with Crippen LogP contribution in [-0.2, 0) is 10.2 Å². The van der Waals surface area contributed by atoms with Gasteiger partial charge in [0.25, 0.3) is 0 Å². The van der Waals surface area contributed by atoms with E-state index in [4.69, 9.17) is 10.5 Å². The summed E-state index contributed by atoms with van der Waals surface area (Å²) in [6.07, 6.45) is 4.88. The molecular formula is C14H23N3O2. The van der Waals surface area contributed by atoms with E-state index < -0.39 is 11.7 Å². The molecule has 1 fully saturated rings. The van der Waals surface area contributed by atoms with Gasteiger partial charge in [0.2, 0.25) is 0 Å². The van der Waals surface area contributed by atoms with Gasteiger partial charge in [0.05, 0.1) is 5.69 Å². The quantitative estimate of drug-likeness (QED) is 0.891. The van der Waals surface area contributed by atoms with E-state index in [0.717, 1.165) is 18.5 Å². The zero-order valence-corrected chi connectivity index (χ0v) is 12.4. The average molecular weight is 265 g/mol. The summed E-state index contributed by atoms with van der Waals surface area (Å²) in [6, 6.07) is 0. The van der Waals surface area contributed by atoms with E-state index in [9.17, 15) is 4.79 Å². The predicted octanol–water partition coefficient (Wildman–Crippen LogP) is 2.44. The largest absolute Gasteiger partial charge is 0.443 e. The molecule has 2 rings (SSSR count). The van der Waals surface area contributed by atoms with Crippen molar-refractivity contribution in [1.29, 1.82) is 0 Å². The molecule has 0 bridgehead atoms. The van der Waals surface area contributed by atoms with E-state index in [2.05, 4.69) is 4.98 Å². The molecule has 2 N–H and O–H groups in total. The highest BCUT2D eigenvalue weighted by Crippen LogP contribution is 2.53. The molecule has 1 aliphatic carbocycles. The Balaban J connectivity index is 2.19. The lowest BCUT2D eigenvalue weighted by molar-refractivity contribution is 0.0536. The van der Waals surface area contributed by atoms with Gasteiger partial charge in [-0.1, -0.05) is 0 Å². The summed E-state index contributed by atoms with van der Waals surface area (Å²) in [6.45, 7) is 9.54. The Morgan fingerprint density at radius 1 is 1.37 bits per heavy atom. The van der Waals surface area contributed by atoms with E-state index in [0.29, 0.717) is 0 Å². The standard InChI is InChI=1S/C14H23N3O2/c1-12(2,3)19-11(18)17-8-10(16-9-17)14(6-7-14)13(4,5)15/h8-9H,6-7,15H2,1-5H3. The van der Waals surface area contributed by atoms with Crippen LogP contribution < -0.4 is 5.73 Å². The fourth-order valence-electron chi connectivity index (χ4n) is 2.34. The Morgan fingerprint density at radius 2 is 1.95 bits per heavy atom. The van der Waals surface area contributed by atoms with Gasteiger partial charge in [0.15, 0.2) is 0 Å². The molecule has 5 heteroatoms. The minimum atomic E-state index is -0.508. The summed E-state index contributed by atoms with van der Waals surface area (Å²) in [5.41, 5.74) is 6.17. The maximum absolute atomic E-state index is 11.9. The summed E-state index contributed by atoms with van der Waals surface area (Å²) in [5, 5.41) is 0. The summed E-state index contributed by atoms with van der Waals surface area (Å²) >= 11 is 0. The van der Waals surface area contributed by atoms with Gasteiger partial charge in [0, 0.05) is 17.2 Å². The summed E-state index contributed by atoms with van der Waals surface area (Å²) < 4.78 is 6.70. The molecule has 19 heavy (non-hydrogen) atoms. The average Bonchev–Trinajstić information content (AvgIpc) is 2.87. The lowest BCUT2D eigenvalue weighted by Crippen LogP contribution is -2.45. The molecule has 0 aromatic carbocycles. The highest BCUT2D eigenvalue weighted by Gasteiger charge is 2.55. The normalized spacial score (nSPS) is 18.2. The van der Waals surface area contributed by atoms with Crippen LogP contribution in [0.25, 0.3) is 0 Å². The molecule has 1 saturated carbocycles. The molecule has 0 spiro atoms. The first-order valence-corrected chi connectivity index (χ1v) is 6.62. The van der Waals surface area contributed by atoms with Gasteiger partial charge in [0.1, 0.15) is 11.9 Å². The third-order valence-electron chi connectivity index (χ3n) is 3.66. The van der Waals surface area contributed by atoms with Crippen molar-refractivity contribution in [3.8, 4) is 0 Å². The van der Waals surface area contributed by atoms with E-state index in [1.165, 1.54) is 10.9 Å². The number of hydrogen-bond acceptors (Lipinski definition) is 4. The minimum absolute atomic E-state index is 0.0970. The number of carbonyl (C=O) groups excluding carboxylic acids is 1. The third-order valence-corrected chi connectivity index (χ3v) is 3.66. The number of nitrogens with two attached hydrogens (primary N) is 1. The number of rotatable bonds is 2. The molecule has 5 nitrogen and oxygen atoms in total. The Kier molecular flexibility index (Phi) is 3.01. The Hall–Kier alpha value is -1.36. The van der Waals surface area contributed by atoms with E-state index in [1.54, 1.807) is 6.20 Å². The number of imidazole rings is 1. The van der Waals surface area contributed by atoms with E-state index >= 15 is 0 Å². The molecule has 0 saturated heterocycles. The monoisotopic (exact) mass is 265 g/mol. The number of hydrogen-bond donors (Lipinski definition) is 1. The van der Waals surface area contributed by atoms with Crippen molar-refractivity contribution in [2.45, 2.75) is 64.0 Å². The van der Waals surface area contributed by atoms with Crippen LogP contribution in [0.2, 0.25) is 0 Å². The van der Waals surface area contributed by atoms with Crippen molar-refractivity contribution in [1.82, 2.24) is 9.55 Å². The Bertz CT molecular complexity index is 488. The molecule has 0 atom stereocenters. The molecule has 106 valence electrons. The maximum atomic E-state index is 11.9. The second-order valence-corrected chi connectivity index (χ2v) is 6.95. The highest BCUT2D eigenvalue weighted by atomic mass is 16.6. The van der Waals surface area contributed by atoms with Gasteiger partial charge < -0.3 is 10.5 Å². The van der Waals surface area contributed by atoms with Crippen LogP contribution >= 0.6 is 0 Å². The van der Waals surface area contributed by atoms with Crippen LogP contribution in [0.4, 0.5) is 4.79 Å². The van der Waals surface area contributed by atoms with Crippen molar-refractivity contribution < 1.29 is 9.53 Å². The van der Waals surface area contributed by atoms with Crippen molar-refractivity contribution in [3.05, 3.63) is 18.2 Å². The van der Waals surface area contributed by atoms with Gasteiger partial charge in [-0.2, -0.15) is 0 Å². The van der Waals surface area contributed by atoms with Crippen LogP contribution in [0.1, 0.15) is 53.2 Å². The summed E-state index contributed by atoms with van der Waals surface area (Å²) in [5.74, 6) is 0. The molecule has 1 aromatic rings. The molecule has 0 unspecified atom stereocenters. The first-order valence-electron chi connectivity index (χ1n) is 6.62.